The third-order valence-corrected chi connectivity index (χ3v) is 7.24. The fourth-order valence-corrected chi connectivity index (χ4v) is 5.03. The third kappa shape index (κ3) is 5.06. The van der Waals surface area contributed by atoms with Crippen molar-refractivity contribution in [1.82, 2.24) is 24.3 Å². The average Bonchev–Trinajstić information content (AvgIpc) is 3.27. The van der Waals surface area contributed by atoms with Crippen LogP contribution in [0.2, 0.25) is 5.02 Å². The zero-order valence-electron chi connectivity index (χ0n) is 21.0. The van der Waals surface area contributed by atoms with Gasteiger partial charge in [-0.25, -0.2) is 18.2 Å². The Morgan fingerprint density at radius 2 is 1.92 bits per heavy atom. The third-order valence-electron chi connectivity index (χ3n) is 6.94. The topological polar surface area (TPSA) is 94.7 Å². The summed E-state index contributed by atoms with van der Waals surface area (Å²) in [6, 6.07) is 6.10. The van der Waals surface area contributed by atoms with Crippen LogP contribution in [0, 0.1) is 11.7 Å². The Labute approximate surface area is 226 Å². The number of carbonyl (C=O) groups is 1. The number of aryl methyl sites for hydroxylation is 1. The van der Waals surface area contributed by atoms with Gasteiger partial charge < -0.3 is 5.32 Å². The standard InChI is InChI=1S/C27H24ClF3N6O2/c1-14-4-3-5-21(18-10-15(8-9-32-18)25-20(35-27(14)39)12-34-36(25)2)37-13-33-19(11-22(37)38)23-16(26(30)31)6-7-17(28)24(23)29/h6-14,21,26H,3-5H2,1-2H3,(H,35,39). The number of rotatable bonds is 3. The first-order chi connectivity index (χ1) is 18.7. The summed E-state index contributed by atoms with van der Waals surface area (Å²) >= 11 is 5.85. The maximum absolute atomic E-state index is 14.8. The predicted octanol–water partition coefficient (Wildman–Crippen LogP) is 5.78. The number of hydrogen-bond donors (Lipinski definition) is 1. The minimum absolute atomic E-state index is 0.141. The summed E-state index contributed by atoms with van der Waals surface area (Å²) in [6.07, 6.45) is 2.98. The Morgan fingerprint density at radius 1 is 1.13 bits per heavy atom. The summed E-state index contributed by atoms with van der Waals surface area (Å²) in [5.74, 6) is -1.52. The van der Waals surface area contributed by atoms with Crippen molar-refractivity contribution < 1.29 is 18.0 Å². The van der Waals surface area contributed by atoms with Crippen molar-refractivity contribution in [3.63, 3.8) is 0 Å². The van der Waals surface area contributed by atoms with Crippen molar-refractivity contribution in [3.05, 3.63) is 81.5 Å². The van der Waals surface area contributed by atoms with Gasteiger partial charge in [-0.2, -0.15) is 5.10 Å². The number of fused-ring (bicyclic) bond motifs is 4. The fourth-order valence-electron chi connectivity index (χ4n) is 4.87. The number of aromatic nitrogens is 5. The van der Waals surface area contributed by atoms with Crippen molar-refractivity contribution in [2.24, 2.45) is 13.0 Å². The molecule has 1 amide bonds. The SMILES string of the molecule is CC1CCCC(n2cnc(-c3c(C(F)F)ccc(Cl)c3F)cc2=O)c2cc(ccn2)-c2c(cnn2C)NC1=O. The number of alkyl halides is 2. The van der Waals surface area contributed by atoms with Crippen LogP contribution in [0.15, 0.2) is 53.8 Å². The van der Waals surface area contributed by atoms with Crippen LogP contribution in [0.1, 0.15) is 49.9 Å². The first-order valence-electron chi connectivity index (χ1n) is 12.3. The molecule has 0 aliphatic carbocycles. The Morgan fingerprint density at radius 3 is 2.67 bits per heavy atom. The molecule has 5 rings (SSSR count). The van der Waals surface area contributed by atoms with E-state index in [1.165, 1.54) is 10.9 Å². The molecule has 1 aliphatic heterocycles. The molecule has 12 heteroatoms. The fraction of sp³-hybridized carbons (Fsp3) is 0.296. The zero-order valence-corrected chi connectivity index (χ0v) is 21.8. The lowest BCUT2D eigenvalue weighted by Crippen LogP contribution is -2.27. The summed E-state index contributed by atoms with van der Waals surface area (Å²) in [6.45, 7) is 1.83. The summed E-state index contributed by atoms with van der Waals surface area (Å²) in [4.78, 5) is 34.9. The molecule has 202 valence electrons. The molecule has 0 saturated carbocycles. The molecule has 39 heavy (non-hydrogen) atoms. The number of carbonyl (C=O) groups excluding carboxylic acids is 1. The monoisotopic (exact) mass is 556 g/mol. The highest BCUT2D eigenvalue weighted by atomic mass is 35.5. The first kappa shape index (κ1) is 26.6. The number of benzene rings is 1. The van der Waals surface area contributed by atoms with E-state index in [1.807, 2.05) is 13.0 Å². The van der Waals surface area contributed by atoms with Crippen LogP contribution in [-0.4, -0.2) is 30.2 Å². The molecular weight excluding hydrogens is 533 g/mol. The first-order valence-corrected chi connectivity index (χ1v) is 12.7. The lowest BCUT2D eigenvalue weighted by Gasteiger charge is -2.22. The molecule has 2 bridgehead atoms. The van der Waals surface area contributed by atoms with E-state index in [2.05, 4.69) is 20.4 Å². The van der Waals surface area contributed by atoms with E-state index in [-0.39, 0.29) is 22.5 Å². The normalized spacial score (nSPS) is 17.8. The van der Waals surface area contributed by atoms with Crippen LogP contribution in [0.25, 0.3) is 22.5 Å². The second-order valence-corrected chi connectivity index (χ2v) is 9.89. The number of nitrogens with zero attached hydrogens (tertiary/aromatic N) is 5. The quantitative estimate of drug-likeness (QED) is 0.345. The van der Waals surface area contributed by atoms with Crippen molar-refractivity contribution in [3.8, 4) is 22.5 Å². The highest BCUT2D eigenvalue weighted by molar-refractivity contribution is 6.31. The van der Waals surface area contributed by atoms with Crippen LogP contribution >= 0.6 is 11.6 Å². The highest BCUT2D eigenvalue weighted by Gasteiger charge is 2.25. The van der Waals surface area contributed by atoms with Gasteiger partial charge in [0.15, 0.2) is 5.82 Å². The van der Waals surface area contributed by atoms with E-state index in [1.54, 1.807) is 30.2 Å². The lowest BCUT2D eigenvalue weighted by atomic mass is 9.97. The zero-order chi connectivity index (χ0) is 27.8. The molecule has 1 aromatic carbocycles. The van der Waals surface area contributed by atoms with Gasteiger partial charge in [-0.1, -0.05) is 31.0 Å². The van der Waals surface area contributed by atoms with Crippen LogP contribution in [0.5, 0.6) is 0 Å². The molecule has 0 fully saturated rings. The molecule has 2 atom stereocenters. The predicted molar refractivity (Wildman–Crippen MR) is 140 cm³/mol. The van der Waals surface area contributed by atoms with Gasteiger partial charge in [0.1, 0.15) is 0 Å². The van der Waals surface area contributed by atoms with Crippen LogP contribution in [0.3, 0.4) is 0 Å². The minimum atomic E-state index is -3.00. The Kier molecular flexibility index (Phi) is 7.26. The molecule has 8 nitrogen and oxygen atoms in total. The van der Waals surface area contributed by atoms with Crippen LogP contribution in [0.4, 0.5) is 18.9 Å². The number of hydrogen-bond acceptors (Lipinski definition) is 5. The molecule has 4 aromatic rings. The van der Waals surface area contributed by atoms with Crippen molar-refractivity contribution in [2.75, 3.05) is 5.32 Å². The molecule has 1 aliphatic rings. The van der Waals surface area contributed by atoms with E-state index < -0.39 is 35.0 Å². The minimum Gasteiger partial charge on any atom is -0.323 e. The number of nitrogens with one attached hydrogen (secondary N) is 1. The Balaban J connectivity index is 1.62. The van der Waals surface area contributed by atoms with Gasteiger partial charge in [0.25, 0.3) is 12.0 Å². The van der Waals surface area contributed by atoms with E-state index >= 15 is 0 Å². The molecule has 1 N–H and O–H groups in total. The molecule has 0 radical (unpaired) electrons. The van der Waals surface area contributed by atoms with E-state index in [0.717, 1.165) is 23.8 Å². The van der Waals surface area contributed by atoms with Gasteiger partial charge >= 0.3 is 0 Å². The lowest BCUT2D eigenvalue weighted by molar-refractivity contribution is -0.119. The van der Waals surface area contributed by atoms with Gasteiger partial charge in [-0.3, -0.25) is 23.8 Å². The van der Waals surface area contributed by atoms with Gasteiger partial charge in [0.05, 0.1) is 46.4 Å². The summed E-state index contributed by atoms with van der Waals surface area (Å²) in [7, 11) is 1.76. The molecule has 2 unspecified atom stereocenters. The summed E-state index contributed by atoms with van der Waals surface area (Å²) in [5.41, 5.74) is 0.597. The second-order valence-electron chi connectivity index (χ2n) is 9.48. The van der Waals surface area contributed by atoms with Crippen LogP contribution in [-0.2, 0) is 11.8 Å². The van der Waals surface area contributed by atoms with E-state index in [4.69, 9.17) is 11.6 Å². The molecular formula is C27H24ClF3N6O2. The number of pyridine rings is 1. The van der Waals surface area contributed by atoms with Crippen molar-refractivity contribution in [2.45, 2.75) is 38.7 Å². The highest BCUT2D eigenvalue weighted by Crippen LogP contribution is 2.36. The summed E-state index contributed by atoms with van der Waals surface area (Å²) < 4.78 is 45.1. The molecule has 0 saturated heterocycles. The Hall–Kier alpha value is -3.99. The summed E-state index contributed by atoms with van der Waals surface area (Å²) in [5, 5.41) is 6.89. The number of amides is 1. The van der Waals surface area contributed by atoms with Crippen molar-refractivity contribution in [1.29, 1.82) is 0 Å². The van der Waals surface area contributed by atoms with E-state index in [9.17, 15) is 22.8 Å². The smallest absolute Gasteiger partial charge is 0.264 e. The maximum atomic E-state index is 14.8. The molecule has 4 heterocycles. The maximum Gasteiger partial charge on any atom is 0.264 e. The van der Waals surface area contributed by atoms with Crippen molar-refractivity contribution >= 4 is 23.2 Å². The molecule has 3 aromatic heterocycles. The van der Waals surface area contributed by atoms with Gasteiger partial charge in [0, 0.05) is 41.9 Å². The van der Waals surface area contributed by atoms with Gasteiger partial charge in [-0.15, -0.1) is 0 Å². The Bertz CT molecular complexity index is 1620. The van der Waals surface area contributed by atoms with Crippen LogP contribution < -0.4 is 10.9 Å². The number of halogens is 4. The van der Waals surface area contributed by atoms with E-state index in [0.29, 0.717) is 36.3 Å². The van der Waals surface area contributed by atoms with Gasteiger partial charge in [0.2, 0.25) is 5.91 Å². The largest absolute Gasteiger partial charge is 0.323 e. The molecule has 0 spiro atoms. The van der Waals surface area contributed by atoms with Gasteiger partial charge in [-0.05, 0) is 31.0 Å². The number of anilines is 1. The second kappa shape index (κ2) is 10.6. The average molecular weight is 557 g/mol.